The average Bonchev–Trinajstić information content (AvgIpc) is 2.84. The summed E-state index contributed by atoms with van der Waals surface area (Å²) in [6, 6.07) is 4.75. The van der Waals surface area contributed by atoms with Crippen molar-refractivity contribution in [2.45, 2.75) is 130 Å². The van der Waals surface area contributed by atoms with Crippen molar-refractivity contribution in [3.05, 3.63) is 29.6 Å². The lowest BCUT2D eigenvalue weighted by atomic mass is 9.99. The monoisotopic (exact) mass is 489 g/mol. The molecule has 0 aliphatic heterocycles. The van der Waals surface area contributed by atoms with Crippen LogP contribution in [0, 0.1) is 5.41 Å². The normalized spacial score (nSPS) is 11.4. The lowest BCUT2D eigenvalue weighted by molar-refractivity contribution is 0.0359. The molecule has 0 aliphatic carbocycles. The van der Waals surface area contributed by atoms with Crippen LogP contribution in [0.15, 0.2) is 18.2 Å². The van der Waals surface area contributed by atoms with E-state index in [0.29, 0.717) is 13.2 Å². The van der Waals surface area contributed by atoms with E-state index >= 15 is 0 Å². The minimum atomic E-state index is -0.521. The van der Waals surface area contributed by atoms with E-state index in [1.54, 1.807) is 18.2 Å². The van der Waals surface area contributed by atoms with E-state index in [4.69, 9.17) is 9.47 Å². The molecule has 0 amide bonds. The molecule has 0 aromatic carbocycles. The summed E-state index contributed by atoms with van der Waals surface area (Å²) >= 11 is 0. The van der Waals surface area contributed by atoms with E-state index < -0.39 is 11.9 Å². The van der Waals surface area contributed by atoms with Crippen LogP contribution in [0.2, 0.25) is 0 Å². The largest absolute Gasteiger partial charge is 0.461 e. The third-order valence-corrected chi connectivity index (χ3v) is 6.03. The van der Waals surface area contributed by atoms with E-state index in [9.17, 15) is 9.59 Å². The molecule has 0 aliphatic rings. The Kier molecular flexibility index (Phi) is 17.2. The van der Waals surface area contributed by atoms with Crippen molar-refractivity contribution in [2.24, 2.45) is 5.41 Å². The van der Waals surface area contributed by atoms with Crippen molar-refractivity contribution in [2.75, 3.05) is 13.2 Å². The highest BCUT2D eigenvalue weighted by atomic mass is 16.5. The van der Waals surface area contributed by atoms with E-state index in [1.165, 1.54) is 89.9 Å². The first kappa shape index (κ1) is 31.1. The number of aromatic nitrogens is 1. The molecule has 0 saturated heterocycles. The van der Waals surface area contributed by atoms with Gasteiger partial charge >= 0.3 is 11.9 Å². The molecule has 0 bridgehead atoms. The summed E-state index contributed by atoms with van der Waals surface area (Å²) in [5.74, 6) is -1.01. The Bertz CT molecular complexity index is 696. The first-order chi connectivity index (χ1) is 16.8. The number of hydrogen-bond donors (Lipinski definition) is 0. The molecule has 1 aromatic rings. The fourth-order valence-electron chi connectivity index (χ4n) is 3.91. The quantitative estimate of drug-likeness (QED) is 0.135. The summed E-state index contributed by atoms with van der Waals surface area (Å²) in [4.78, 5) is 28.5. The lowest BCUT2D eigenvalue weighted by Gasteiger charge is -2.17. The molecule has 0 fully saturated rings. The van der Waals surface area contributed by atoms with Gasteiger partial charge in [-0.05, 0) is 24.0 Å². The summed E-state index contributed by atoms with van der Waals surface area (Å²) in [7, 11) is 0. The minimum Gasteiger partial charge on any atom is -0.461 e. The van der Waals surface area contributed by atoms with Gasteiger partial charge in [-0.1, -0.05) is 130 Å². The molecule has 1 aromatic heterocycles. The van der Waals surface area contributed by atoms with Gasteiger partial charge in [-0.25, -0.2) is 14.6 Å². The molecule has 1 heterocycles. The van der Waals surface area contributed by atoms with Crippen LogP contribution < -0.4 is 0 Å². The van der Waals surface area contributed by atoms with Crippen molar-refractivity contribution in [3.8, 4) is 0 Å². The van der Waals surface area contributed by atoms with Gasteiger partial charge in [0.25, 0.3) is 0 Å². The predicted molar refractivity (Wildman–Crippen MR) is 144 cm³/mol. The Morgan fingerprint density at radius 3 is 1.49 bits per heavy atom. The zero-order valence-electron chi connectivity index (χ0n) is 23.0. The number of hydrogen-bond acceptors (Lipinski definition) is 5. The molecule has 0 N–H and O–H groups in total. The van der Waals surface area contributed by atoms with Gasteiger partial charge in [0.2, 0.25) is 0 Å². The number of carbonyl (C=O) groups is 2. The van der Waals surface area contributed by atoms with Crippen molar-refractivity contribution in [1.82, 2.24) is 4.98 Å². The van der Waals surface area contributed by atoms with Crippen LogP contribution in [0.25, 0.3) is 0 Å². The van der Waals surface area contributed by atoms with E-state index in [1.807, 2.05) is 20.8 Å². The van der Waals surface area contributed by atoms with Crippen molar-refractivity contribution >= 4 is 11.9 Å². The zero-order valence-corrected chi connectivity index (χ0v) is 23.0. The molecular formula is C30H51NO4. The second-order valence-electron chi connectivity index (χ2n) is 11.0. The Balaban J connectivity index is 2.01. The molecule has 0 saturated carbocycles. The second kappa shape index (κ2) is 19.3. The van der Waals surface area contributed by atoms with Gasteiger partial charge in [-0.2, -0.15) is 0 Å². The van der Waals surface area contributed by atoms with Gasteiger partial charge in [-0.15, -0.1) is 0 Å². The fraction of sp³-hybridized carbons (Fsp3) is 0.767. The Morgan fingerprint density at radius 2 is 1.06 bits per heavy atom. The topological polar surface area (TPSA) is 65.5 Å². The molecule has 0 radical (unpaired) electrons. The Labute approximate surface area is 214 Å². The van der Waals surface area contributed by atoms with Crippen molar-refractivity contribution in [3.63, 3.8) is 0 Å². The van der Waals surface area contributed by atoms with Crippen LogP contribution in [0.5, 0.6) is 0 Å². The molecular weight excluding hydrogens is 438 g/mol. The Hall–Kier alpha value is -1.91. The summed E-state index contributed by atoms with van der Waals surface area (Å²) in [5, 5.41) is 0. The highest BCUT2D eigenvalue weighted by molar-refractivity contribution is 5.91. The van der Waals surface area contributed by atoms with Crippen LogP contribution in [-0.2, 0) is 9.47 Å². The van der Waals surface area contributed by atoms with Gasteiger partial charge in [0.15, 0.2) is 0 Å². The molecule has 1 rings (SSSR count). The maximum absolute atomic E-state index is 12.3. The summed E-state index contributed by atoms with van der Waals surface area (Å²) < 4.78 is 10.6. The maximum Gasteiger partial charge on any atom is 0.356 e. The molecule has 0 unspecified atom stereocenters. The van der Waals surface area contributed by atoms with Crippen LogP contribution in [0.3, 0.4) is 0 Å². The maximum atomic E-state index is 12.3. The summed E-state index contributed by atoms with van der Waals surface area (Å²) in [6.45, 7) is 8.91. The highest BCUT2D eigenvalue weighted by Crippen LogP contribution is 2.15. The van der Waals surface area contributed by atoms with E-state index in [2.05, 4.69) is 11.9 Å². The van der Waals surface area contributed by atoms with Gasteiger partial charge in [0, 0.05) is 0 Å². The van der Waals surface area contributed by atoms with Crippen LogP contribution in [0.1, 0.15) is 151 Å². The fourth-order valence-corrected chi connectivity index (χ4v) is 3.91. The molecule has 0 atom stereocenters. The molecule has 5 nitrogen and oxygen atoms in total. The van der Waals surface area contributed by atoms with Crippen LogP contribution in [-0.4, -0.2) is 30.1 Å². The van der Waals surface area contributed by atoms with Gasteiger partial charge in [0.1, 0.15) is 11.4 Å². The van der Waals surface area contributed by atoms with Gasteiger partial charge in [-0.3, -0.25) is 0 Å². The number of esters is 2. The van der Waals surface area contributed by atoms with E-state index in [-0.39, 0.29) is 16.8 Å². The standard InChI is InChI=1S/C30H51NO4/c1-5-6-7-8-9-10-11-12-13-14-15-16-17-18-19-20-24-34-28(32)26-22-21-23-27(31-26)29(33)35-25-30(2,3)4/h21-23H,5-20,24-25H2,1-4H3. The first-order valence-electron chi connectivity index (χ1n) is 14.1. The zero-order chi connectivity index (χ0) is 25.8. The lowest BCUT2D eigenvalue weighted by Crippen LogP contribution is -2.19. The number of rotatable bonds is 20. The third-order valence-electron chi connectivity index (χ3n) is 6.03. The number of nitrogens with zero attached hydrogens (tertiary/aromatic N) is 1. The van der Waals surface area contributed by atoms with Crippen molar-refractivity contribution in [1.29, 1.82) is 0 Å². The SMILES string of the molecule is CCCCCCCCCCCCCCCCCCOC(=O)c1cccc(C(=O)OCC(C)(C)C)n1. The minimum absolute atomic E-state index is 0.126. The molecule has 0 spiro atoms. The predicted octanol–water partition coefficient (Wildman–Crippen LogP) is 8.70. The number of unbranched alkanes of at least 4 members (excludes halogenated alkanes) is 15. The van der Waals surface area contributed by atoms with Gasteiger partial charge in [0.05, 0.1) is 13.2 Å². The third kappa shape index (κ3) is 17.2. The summed E-state index contributed by atoms with van der Waals surface area (Å²) in [6.07, 6.45) is 21.0. The van der Waals surface area contributed by atoms with Crippen molar-refractivity contribution < 1.29 is 19.1 Å². The second-order valence-corrected chi connectivity index (χ2v) is 11.0. The molecule has 35 heavy (non-hydrogen) atoms. The summed E-state index contributed by atoms with van der Waals surface area (Å²) in [5.41, 5.74) is 0.150. The van der Waals surface area contributed by atoms with Crippen LogP contribution >= 0.6 is 0 Å². The highest BCUT2D eigenvalue weighted by Gasteiger charge is 2.18. The number of ether oxygens (including phenoxy) is 2. The van der Waals surface area contributed by atoms with Crippen LogP contribution in [0.4, 0.5) is 0 Å². The first-order valence-corrected chi connectivity index (χ1v) is 14.1. The van der Waals surface area contributed by atoms with Gasteiger partial charge < -0.3 is 9.47 Å². The molecule has 5 heteroatoms. The number of carbonyl (C=O) groups excluding carboxylic acids is 2. The smallest absolute Gasteiger partial charge is 0.356 e. The average molecular weight is 490 g/mol. The Morgan fingerprint density at radius 1 is 0.657 bits per heavy atom. The van der Waals surface area contributed by atoms with E-state index in [0.717, 1.165) is 12.8 Å². The number of pyridine rings is 1. The molecule has 200 valence electrons.